The minimum absolute atomic E-state index is 0.0188. The van der Waals surface area contributed by atoms with Gasteiger partial charge in [0, 0.05) is 45.0 Å². The third-order valence-corrected chi connectivity index (χ3v) is 15.3. The predicted octanol–water partition coefficient (Wildman–Crippen LogP) is 11.1. The van der Waals surface area contributed by atoms with Crippen LogP contribution < -0.4 is 20.9 Å². The van der Waals surface area contributed by atoms with Crippen molar-refractivity contribution in [3.05, 3.63) is 155 Å². The van der Waals surface area contributed by atoms with Gasteiger partial charge in [0.15, 0.2) is 9.84 Å². The molecule has 0 aliphatic carbocycles. The van der Waals surface area contributed by atoms with Gasteiger partial charge in [0.2, 0.25) is 0 Å². The quantitative estimate of drug-likeness (QED) is 0.0786. The van der Waals surface area contributed by atoms with Crippen LogP contribution in [0.5, 0.6) is 0 Å². The number of anilines is 4. The standard InChI is InChI=1S/C19H20F3N5.C17H16F3N5.C16H13F3N4O2S/c20-19(21,22)16-10-15-17(23-12-24-18(15)26-16)25-14-6-8-27(9-7-14)11-13-4-2-1-3-5-13;1-25-7-6-12(10-4-2-3-5-13(10)25)23-15-11-8-14(17(18,19)20)24-16(11)22-9-21-15;17-16(18,19)13-5-11-14(20-8-21-15(11)23-13)22-12-7-26(24,25)6-9-3-1-2-4-10(9)12/h1-5,10,12,14H,6-9,11H2,(H2,23,24,25,26);2-5,8-9,12H,6-7H2,1H3,(H2,21,22,23,24);1-5,8,12H,6-7H2,(H2,20,21,22,23). The number of alkyl halides is 9. The van der Waals surface area contributed by atoms with E-state index in [0.717, 1.165) is 86.8 Å². The van der Waals surface area contributed by atoms with E-state index in [1.165, 1.54) is 18.2 Å². The van der Waals surface area contributed by atoms with Crippen LogP contribution in [-0.4, -0.2) is 96.7 Å². The van der Waals surface area contributed by atoms with Gasteiger partial charge in [0.05, 0.1) is 39.7 Å². The predicted molar refractivity (Wildman–Crippen MR) is 276 cm³/mol. The lowest BCUT2D eigenvalue weighted by atomic mass is 9.96. The summed E-state index contributed by atoms with van der Waals surface area (Å²) in [4.78, 5) is 35.4. The molecule has 3 aromatic carbocycles. The first-order chi connectivity index (χ1) is 37.1. The van der Waals surface area contributed by atoms with Gasteiger partial charge in [-0.1, -0.05) is 72.8 Å². The van der Waals surface area contributed by atoms with Crippen molar-refractivity contribution in [3.8, 4) is 0 Å². The number of nitrogens with one attached hydrogen (secondary N) is 6. The largest absolute Gasteiger partial charge is 0.431 e. The Bertz CT molecular complexity index is 3670. The van der Waals surface area contributed by atoms with Gasteiger partial charge in [-0.15, -0.1) is 0 Å². The number of rotatable bonds is 8. The highest BCUT2D eigenvalue weighted by Crippen LogP contribution is 2.39. The van der Waals surface area contributed by atoms with Crippen LogP contribution in [0.2, 0.25) is 0 Å². The molecular weight excluding hydrogens is 1060 g/mol. The molecule has 6 N–H and O–H groups in total. The van der Waals surface area contributed by atoms with Crippen LogP contribution in [0.25, 0.3) is 33.1 Å². The van der Waals surface area contributed by atoms with Crippen molar-refractivity contribution in [3.63, 3.8) is 0 Å². The maximum Gasteiger partial charge on any atom is 0.431 e. The number of nitrogens with zero attached hydrogens (tertiary/aromatic N) is 8. The Morgan fingerprint density at radius 2 is 1.01 bits per heavy atom. The Morgan fingerprint density at radius 3 is 1.54 bits per heavy atom. The second kappa shape index (κ2) is 21.4. The van der Waals surface area contributed by atoms with Crippen molar-refractivity contribution in [1.29, 1.82) is 0 Å². The van der Waals surface area contributed by atoms with E-state index in [-0.39, 0.29) is 51.7 Å². The fourth-order valence-electron chi connectivity index (χ4n) is 9.87. The molecule has 0 saturated carbocycles. The summed E-state index contributed by atoms with van der Waals surface area (Å²) in [6.45, 7) is 3.63. The van der Waals surface area contributed by atoms with Crippen LogP contribution in [-0.2, 0) is 40.7 Å². The molecule has 3 aliphatic rings. The summed E-state index contributed by atoms with van der Waals surface area (Å²) in [5, 5.41) is 10.5. The molecular formula is C52H49F9N14O2S. The topological polar surface area (TPSA) is 201 Å². The molecule has 16 nitrogen and oxygen atoms in total. The van der Waals surface area contributed by atoms with Crippen LogP contribution >= 0.6 is 0 Å². The van der Waals surface area contributed by atoms with E-state index < -0.39 is 51.5 Å². The lowest BCUT2D eigenvalue weighted by Crippen LogP contribution is -2.38. The van der Waals surface area contributed by atoms with E-state index in [2.05, 4.69) is 82.7 Å². The normalized spacial score (nSPS) is 17.8. The second-order valence-electron chi connectivity index (χ2n) is 19.1. The maximum atomic E-state index is 13.0. The molecule has 408 valence electrons. The first-order valence-electron chi connectivity index (χ1n) is 24.5. The van der Waals surface area contributed by atoms with Gasteiger partial charge in [-0.25, -0.2) is 38.3 Å². The Labute approximate surface area is 439 Å². The molecule has 12 rings (SSSR count). The fourth-order valence-corrected chi connectivity index (χ4v) is 11.5. The highest BCUT2D eigenvalue weighted by atomic mass is 32.2. The summed E-state index contributed by atoms with van der Waals surface area (Å²) in [6.07, 6.45) is -7.09. The number of likely N-dealkylation sites (tertiary alicyclic amines) is 1. The first-order valence-corrected chi connectivity index (χ1v) is 26.3. The molecule has 6 aromatic heterocycles. The lowest BCUT2D eigenvalue weighted by molar-refractivity contribution is -0.141. The average molecular weight is 1110 g/mol. The minimum Gasteiger partial charge on any atom is -0.374 e. The Morgan fingerprint density at radius 1 is 0.551 bits per heavy atom. The van der Waals surface area contributed by atoms with Gasteiger partial charge in [0.1, 0.15) is 70.5 Å². The van der Waals surface area contributed by atoms with Crippen molar-refractivity contribution in [2.24, 2.45) is 0 Å². The van der Waals surface area contributed by atoms with E-state index in [4.69, 9.17) is 0 Å². The van der Waals surface area contributed by atoms with E-state index in [1.54, 1.807) is 24.3 Å². The van der Waals surface area contributed by atoms with E-state index in [9.17, 15) is 47.9 Å². The number of fused-ring (bicyclic) bond motifs is 5. The highest BCUT2D eigenvalue weighted by molar-refractivity contribution is 7.90. The number of para-hydroxylation sites is 1. The number of halogens is 9. The lowest BCUT2D eigenvalue weighted by Gasteiger charge is -2.33. The van der Waals surface area contributed by atoms with Crippen LogP contribution in [0.4, 0.5) is 62.7 Å². The third-order valence-electron chi connectivity index (χ3n) is 13.7. The molecule has 9 heterocycles. The Balaban J connectivity index is 0.000000132. The SMILES string of the molecule is CN1CCC(Nc2ncnc3[nH]c(C(F)(F)F)cc23)c2ccccc21.FC(F)(F)c1cc2c(NC3CCN(Cc4ccccc4)CC3)ncnc2[nH]1.O=S1(=O)Cc2ccccc2C(Nc2ncnc3[nH]c(C(F)(F)F)cc23)C1. The molecule has 1 saturated heterocycles. The Hall–Kier alpha value is -8.00. The van der Waals surface area contributed by atoms with Crippen LogP contribution in [0.15, 0.2) is 116 Å². The fraction of sp³-hybridized carbons (Fsp3) is 0.308. The van der Waals surface area contributed by atoms with Gasteiger partial charge < -0.3 is 35.8 Å². The summed E-state index contributed by atoms with van der Waals surface area (Å²) in [6, 6.07) is 28.0. The van der Waals surface area contributed by atoms with Gasteiger partial charge in [-0.2, -0.15) is 39.5 Å². The summed E-state index contributed by atoms with van der Waals surface area (Å²) >= 11 is 0. The van der Waals surface area contributed by atoms with Gasteiger partial charge in [-0.05, 0) is 65.8 Å². The van der Waals surface area contributed by atoms with Crippen LogP contribution in [0.1, 0.15) is 70.7 Å². The van der Waals surface area contributed by atoms with Gasteiger partial charge >= 0.3 is 18.5 Å². The molecule has 78 heavy (non-hydrogen) atoms. The smallest absolute Gasteiger partial charge is 0.374 e. The number of aromatic nitrogens is 9. The van der Waals surface area contributed by atoms with Crippen molar-refractivity contribution in [1.82, 2.24) is 49.8 Å². The number of aromatic amines is 3. The molecule has 0 radical (unpaired) electrons. The molecule has 1 fully saturated rings. The van der Waals surface area contributed by atoms with E-state index in [1.807, 2.05) is 49.5 Å². The van der Waals surface area contributed by atoms with Crippen LogP contribution in [0.3, 0.4) is 0 Å². The summed E-state index contributed by atoms with van der Waals surface area (Å²) in [5.74, 6) is 0.794. The number of sulfone groups is 1. The molecule has 2 atom stereocenters. The number of hydrogen-bond acceptors (Lipinski definition) is 13. The zero-order valence-electron chi connectivity index (χ0n) is 41.3. The average Bonchev–Trinajstić information content (AvgIpc) is 4.23. The summed E-state index contributed by atoms with van der Waals surface area (Å²) in [5.41, 5.74) is 2.80. The summed E-state index contributed by atoms with van der Waals surface area (Å²) < 4.78 is 141. The highest BCUT2D eigenvalue weighted by Gasteiger charge is 2.37. The number of hydrogen-bond donors (Lipinski definition) is 6. The van der Waals surface area contributed by atoms with Gasteiger partial charge in [0.25, 0.3) is 0 Å². The molecule has 0 bridgehead atoms. The second-order valence-corrected chi connectivity index (χ2v) is 21.2. The van der Waals surface area contributed by atoms with E-state index in [0.29, 0.717) is 28.0 Å². The van der Waals surface area contributed by atoms with Crippen molar-refractivity contribution >= 4 is 66.1 Å². The maximum absolute atomic E-state index is 13.0. The molecule has 0 spiro atoms. The zero-order valence-corrected chi connectivity index (χ0v) is 42.1. The molecule has 26 heteroatoms. The van der Waals surface area contributed by atoms with Crippen molar-refractivity contribution in [2.75, 3.05) is 53.3 Å². The number of benzene rings is 3. The van der Waals surface area contributed by atoms with E-state index >= 15 is 0 Å². The van der Waals surface area contributed by atoms with Gasteiger partial charge in [-0.3, -0.25) is 4.90 Å². The zero-order chi connectivity index (χ0) is 55.0. The monoisotopic (exact) mass is 1100 g/mol. The van der Waals surface area contributed by atoms with Crippen LogP contribution in [0, 0.1) is 0 Å². The van der Waals surface area contributed by atoms with Crippen molar-refractivity contribution in [2.45, 2.75) is 68.2 Å². The summed E-state index contributed by atoms with van der Waals surface area (Å²) in [7, 11) is -1.30. The molecule has 2 unspecified atom stereocenters. The Kier molecular flexibility index (Phi) is 14.7. The van der Waals surface area contributed by atoms with Crippen molar-refractivity contribution < 1.29 is 47.9 Å². The minimum atomic E-state index is -4.54. The molecule has 3 aliphatic heterocycles. The number of H-pyrrole nitrogens is 3. The number of piperidine rings is 1. The molecule has 0 amide bonds. The first kappa shape index (κ1) is 53.4. The third kappa shape index (κ3) is 12.1. The molecule has 9 aromatic rings.